The van der Waals surface area contributed by atoms with E-state index < -0.39 is 10.0 Å². The van der Waals surface area contributed by atoms with Gasteiger partial charge in [-0.3, -0.25) is 4.31 Å². The molecule has 2 rings (SSSR count). The van der Waals surface area contributed by atoms with Gasteiger partial charge in [-0.05, 0) is 36.1 Å². The van der Waals surface area contributed by atoms with E-state index in [4.69, 9.17) is 5.26 Å². The number of nitrogens with zero attached hydrogens (tertiary/aromatic N) is 2. The predicted octanol–water partition coefficient (Wildman–Crippen LogP) is 3.17. The Morgan fingerprint density at radius 3 is 2.70 bits per heavy atom. The molecule has 0 N–H and O–H groups in total. The quantitative estimate of drug-likeness (QED) is 0.852. The number of hydrogen-bond acceptors (Lipinski definition) is 4. The Morgan fingerprint density at radius 2 is 2.10 bits per heavy atom. The standard InChI is InChI=1S/C14H14N2O2S2/c1-12-5-2-6-13(11-12)16(9-4-8-15)20(17,18)14-7-3-10-19-14/h2-3,5-7,10-11H,4,9H2,1H3. The highest BCUT2D eigenvalue weighted by atomic mass is 32.2. The third-order valence-electron chi connectivity index (χ3n) is 2.76. The maximum atomic E-state index is 12.6. The van der Waals surface area contributed by atoms with Crippen LogP contribution in [-0.2, 0) is 10.0 Å². The van der Waals surface area contributed by atoms with Gasteiger partial charge in [-0.1, -0.05) is 18.2 Å². The SMILES string of the molecule is Cc1cccc(N(CCC#N)S(=O)(=O)c2cccs2)c1. The fourth-order valence-corrected chi connectivity index (χ4v) is 4.40. The highest BCUT2D eigenvalue weighted by Crippen LogP contribution is 2.27. The topological polar surface area (TPSA) is 61.2 Å². The Morgan fingerprint density at radius 1 is 1.30 bits per heavy atom. The highest BCUT2D eigenvalue weighted by molar-refractivity contribution is 7.94. The number of nitriles is 1. The number of benzene rings is 1. The summed E-state index contributed by atoms with van der Waals surface area (Å²) in [5.74, 6) is 0. The lowest BCUT2D eigenvalue weighted by molar-refractivity contribution is 0.593. The molecule has 0 bridgehead atoms. The van der Waals surface area contributed by atoms with Crippen LogP contribution in [0.4, 0.5) is 5.69 Å². The maximum absolute atomic E-state index is 12.6. The normalized spacial score (nSPS) is 11.0. The number of thiophene rings is 1. The number of anilines is 1. The first kappa shape index (κ1) is 14.6. The van der Waals surface area contributed by atoms with Crippen LogP contribution in [0.25, 0.3) is 0 Å². The summed E-state index contributed by atoms with van der Waals surface area (Å²) < 4.78 is 26.9. The number of sulfonamides is 1. The van der Waals surface area contributed by atoms with Crippen molar-refractivity contribution in [3.63, 3.8) is 0 Å². The second-order valence-electron chi connectivity index (χ2n) is 4.26. The van der Waals surface area contributed by atoms with E-state index in [0.717, 1.165) is 5.56 Å². The van der Waals surface area contributed by atoms with Gasteiger partial charge in [-0.2, -0.15) is 5.26 Å². The van der Waals surface area contributed by atoms with Crippen molar-refractivity contribution in [1.82, 2.24) is 0 Å². The molecule has 104 valence electrons. The van der Waals surface area contributed by atoms with Crippen LogP contribution in [0.15, 0.2) is 46.0 Å². The molecule has 1 aromatic heterocycles. The maximum Gasteiger partial charge on any atom is 0.273 e. The second kappa shape index (κ2) is 6.07. The molecule has 0 fully saturated rings. The molecule has 4 nitrogen and oxygen atoms in total. The molecule has 0 aliphatic heterocycles. The van der Waals surface area contributed by atoms with Gasteiger partial charge in [0.05, 0.1) is 18.2 Å². The molecule has 1 aromatic carbocycles. The minimum Gasteiger partial charge on any atom is -0.265 e. The van der Waals surface area contributed by atoms with E-state index in [-0.39, 0.29) is 17.2 Å². The summed E-state index contributed by atoms with van der Waals surface area (Å²) in [5.41, 5.74) is 1.57. The van der Waals surface area contributed by atoms with Crippen molar-refractivity contribution < 1.29 is 8.42 Å². The number of hydrogen-bond donors (Lipinski definition) is 0. The van der Waals surface area contributed by atoms with Crippen LogP contribution in [0, 0.1) is 18.3 Å². The lowest BCUT2D eigenvalue weighted by Crippen LogP contribution is -2.31. The monoisotopic (exact) mass is 306 g/mol. The molecule has 0 unspecified atom stereocenters. The number of aryl methyl sites for hydroxylation is 1. The Kier molecular flexibility index (Phi) is 4.42. The third kappa shape index (κ3) is 3.00. The third-order valence-corrected chi connectivity index (χ3v) is 5.96. The summed E-state index contributed by atoms with van der Waals surface area (Å²) in [6.45, 7) is 2.06. The molecule has 0 amide bonds. The Labute approximate surface area is 123 Å². The van der Waals surface area contributed by atoms with E-state index in [9.17, 15) is 8.42 Å². The first-order valence-corrected chi connectivity index (χ1v) is 8.37. The van der Waals surface area contributed by atoms with Crippen molar-refractivity contribution in [2.75, 3.05) is 10.8 Å². The summed E-state index contributed by atoms with van der Waals surface area (Å²) >= 11 is 1.18. The summed E-state index contributed by atoms with van der Waals surface area (Å²) in [6, 6.07) is 12.6. The Balaban J connectivity index is 2.46. The van der Waals surface area contributed by atoms with Crippen molar-refractivity contribution in [3.05, 3.63) is 47.3 Å². The molecule has 0 spiro atoms. The van der Waals surface area contributed by atoms with Gasteiger partial charge in [0.2, 0.25) is 0 Å². The van der Waals surface area contributed by atoms with Crippen LogP contribution in [0.3, 0.4) is 0 Å². The minimum absolute atomic E-state index is 0.151. The Hall–Kier alpha value is -1.84. The molecule has 0 radical (unpaired) electrons. The molecule has 6 heteroatoms. The van der Waals surface area contributed by atoms with Gasteiger partial charge in [-0.15, -0.1) is 11.3 Å². The first-order valence-electron chi connectivity index (χ1n) is 6.05. The average Bonchev–Trinajstić information content (AvgIpc) is 2.93. The van der Waals surface area contributed by atoms with E-state index in [1.54, 1.807) is 23.6 Å². The van der Waals surface area contributed by atoms with Gasteiger partial charge in [0.15, 0.2) is 0 Å². The van der Waals surface area contributed by atoms with Crippen molar-refractivity contribution >= 4 is 27.0 Å². The lowest BCUT2D eigenvalue weighted by Gasteiger charge is -2.23. The van der Waals surface area contributed by atoms with Crippen LogP contribution in [0.2, 0.25) is 0 Å². The van der Waals surface area contributed by atoms with E-state index in [1.165, 1.54) is 15.6 Å². The molecular weight excluding hydrogens is 292 g/mol. The number of rotatable bonds is 5. The molecule has 1 heterocycles. The summed E-state index contributed by atoms with van der Waals surface area (Å²) in [5, 5.41) is 10.5. The summed E-state index contributed by atoms with van der Waals surface area (Å²) in [7, 11) is -3.60. The predicted molar refractivity (Wildman–Crippen MR) is 80.3 cm³/mol. The van der Waals surface area contributed by atoms with Crippen molar-refractivity contribution in [1.29, 1.82) is 5.26 Å². The highest BCUT2D eigenvalue weighted by Gasteiger charge is 2.25. The molecule has 0 saturated heterocycles. The van der Waals surface area contributed by atoms with E-state index in [0.29, 0.717) is 5.69 Å². The van der Waals surface area contributed by atoms with Crippen LogP contribution < -0.4 is 4.31 Å². The van der Waals surface area contributed by atoms with E-state index in [2.05, 4.69) is 0 Å². The van der Waals surface area contributed by atoms with Gasteiger partial charge in [0, 0.05) is 6.54 Å². The summed E-state index contributed by atoms with van der Waals surface area (Å²) in [4.78, 5) is 0. The van der Waals surface area contributed by atoms with Crippen LogP contribution in [0.5, 0.6) is 0 Å². The molecule has 0 aliphatic rings. The van der Waals surface area contributed by atoms with Gasteiger partial charge >= 0.3 is 0 Å². The molecule has 0 aliphatic carbocycles. The van der Waals surface area contributed by atoms with Gasteiger partial charge in [0.1, 0.15) is 4.21 Å². The largest absolute Gasteiger partial charge is 0.273 e. The van der Waals surface area contributed by atoms with Crippen molar-refractivity contribution in [2.24, 2.45) is 0 Å². The minimum atomic E-state index is -3.60. The molecule has 0 saturated carbocycles. The second-order valence-corrected chi connectivity index (χ2v) is 7.29. The molecule has 0 atom stereocenters. The van der Waals surface area contributed by atoms with Crippen molar-refractivity contribution in [3.8, 4) is 6.07 Å². The van der Waals surface area contributed by atoms with Crippen LogP contribution in [0.1, 0.15) is 12.0 Å². The molecule has 2 aromatic rings. The van der Waals surface area contributed by atoms with Crippen LogP contribution >= 0.6 is 11.3 Å². The van der Waals surface area contributed by atoms with Crippen LogP contribution in [-0.4, -0.2) is 15.0 Å². The molecular formula is C14H14N2O2S2. The Bertz CT molecular complexity index is 716. The van der Waals surface area contributed by atoms with E-state index >= 15 is 0 Å². The van der Waals surface area contributed by atoms with E-state index in [1.807, 2.05) is 31.2 Å². The first-order chi connectivity index (χ1) is 9.55. The smallest absolute Gasteiger partial charge is 0.265 e. The average molecular weight is 306 g/mol. The van der Waals surface area contributed by atoms with Gasteiger partial charge in [-0.25, -0.2) is 8.42 Å². The zero-order valence-corrected chi connectivity index (χ0v) is 12.6. The fourth-order valence-electron chi connectivity index (χ4n) is 1.84. The zero-order valence-electron chi connectivity index (χ0n) is 11.0. The summed E-state index contributed by atoms with van der Waals surface area (Å²) in [6.07, 6.45) is 0.151. The van der Waals surface area contributed by atoms with Gasteiger partial charge < -0.3 is 0 Å². The molecule has 20 heavy (non-hydrogen) atoms. The zero-order chi connectivity index (χ0) is 14.6. The van der Waals surface area contributed by atoms with Crippen molar-refractivity contribution in [2.45, 2.75) is 17.6 Å². The fraction of sp³-hybridized carbons (Fsp3) is 0.214. The lowest BCUT2D eigenvalue weighted by atomic mass is 10.2. The van der Waals surface area contributed by atoms with Gasteiger partial charge in [0.25, 0.3) is 10.0 Å².